The van der Waals surface area contributed by atoms with Gasteiger partial charge >= 0.3 is 0 Å². The van der Waals surface area contributed by atoms with E-state index < -0.39 is 0 Å². The summed E-state index contributed by atoms with van der Waals surface area (Å²) in [6.07, 6.45) is 1.60. The number of hydrogen-bond donors (Lipinski definition) is 1. The van der Waals surface area contributed by atoms with Gasteiger partial charge in [0.2, 0.25) is 0 Å². The van der Waals surface area contributed by atoms with Crippen LogP contribution >= 0.6 is 11.3 Å². The zero-order valence-electron chi connectivity index (χ0n) is 11.6. The van der Waals surface area contributed by atoms with E-state index in [1.54, 1.807) is 6.26 Å². The van der Waals surface area contributed by atoms with Gasteiger partial charge in [-0.25, -0.2) is 0 Å². The van der Waals surface area contributed by atoms with Gasteiger partial charge in [-0.1, -0.05) is 29.8 Å². The van der Waals surface area contributed by atoms with Crippen LogP contribution in [0.25, 0.3) is 11.1 Å². The Labute approximate surface area is 127 Å². The Morgan fingerprint density at radius 2 is 2.00 bits per heavy atom. The molecule has 0 fully saturated rings. The van der Waals surface area contributed by atoms with E-state index in [1.165, 1.54) is 16.9 Å². The van der Waals surface area contributed by atoms with Crippen molar-refractivity contribution in [2.45, 2.75) is 13.5 Å². The average Bonchev–Trinajstić information content (AvgIpc) is 3.17. The van der Waals surface area contributed by atoms with Crippen LogP contribution in [-0.2, 0) is 6.54 Å². The number of hydrogen-bond acceptors (Lipinski definition) is 3. The fourth-order valence-electron chi connectivity index (χ4n) is 2.11. The molecule has 0 saturated carbocycles. The van der Waals surface area contributed by atoms with E-state index in [0.29, 0.717) is 6.54 Å². The van der Waals surface area contributed by atoms with Gasteiger partial charge in [0.15, 0.2) is 0 Å². The molecule has 0 aliphatic rings. The van der Waals surface area contributed by atoms with Crippen LogP contribution in [0.4, 0.5) is 0 Å². The lowest BCUT2D eigenvalue weighted by Crippen LogP contribution is -2.22. The minimum absolute atomic E-state index is 0.0722. The quantitative estimate of drug-likeness (QED) is 0.782. The third kappa shape index (κ3) is 3.06. The molecule has 2 heterocycles. The first kappa shape index (κ1) is 13.6. The number of aryl methyl sites for hydroxylation is 1. The summed E-state index contributed by atoms with van der Waals surface area (Å²) in [4.78, 5) is 13.0. The molecular weight excluding hydrogens is 282 g/mol. The molecule has 21 heavy (non-hydrogen) atoms. The Hall–Kier alpha value is -2.33. The highest BCUT2D eigenvalue weighted by Gasteiger charge is 2.14. The number of thiophene rings is 1. The normalized spacial score (nSPS) is 10.5. The van der Waals surface area contributed by atoms with Crippen molar-refractivity contribution in [3.63, 3.8) is 0 Å². The van der Waals surface area contributed by atoms with Gasteiger partial charge in [-0.05, 0) is 36.1 Å². The largest absolute Gasteiger partial charge is 0.467 e. The lowest BCUT2D eigenvalue weighted by Gasteiger charge is -2.05. The second-order valence-electron chi connectivity index (χ2n) is 4.79. The fraction of sp³-hybridized carbons (Fsp3) is 0.118. The highest BCUT2D eigenvalue weighted by Crippen LogP contribution is 2.28. The van der Waals surface area contributed by atoms with Crippen LogP contribution in [0.5, 0.6) is 0 Å². The number of carbonyl (C=O) groups excluding carboxylic acids is 1. The lowest BCUT2D eigenvalue weighted by atomic mass is 10.0. The maximum absolute atomic E-state index is 12.3. The molecule has 4 heteroatoms. The highest BCUT2D eigenvalue weighted by atomic mass is 32.1. The number of benzene rings is 1. The van der Waals surface area contributed by atoms with E-state index in [-0.39, 0.29) is 5.91 Å². The van der Waals surface area contributed by atoms with E-state index in [4.69, 9.17) is 4.42 Å². The van der Waals surface area contributed by atoms with Crippen LogP contribution in [0.3, 0.4) is 0 Å². The number of carbonyl (C=O) groups is 1. The molecule has 3 rings (SSSR count). The van der Waals surface area contributed by atoms with E-state index in [0.717, 1.165) is 21.8 Å². The molecule has 0 aliphatic carbocycles. The van der Waals surface area contributed by atoms with E-state index in [2.05, 4.69) is 17.4 Å². The summed E-state index contributed by atoms with van der Waals surface area (Å²) in [5, 5.41) is 4.83. The summed E-state index contributed by atoms with van der Waals surface area (Å²) in [6, 6.07) is 13.8. The summed E-state index contributed by atoms with van der Waals surface area (Å²) in [6.45, 7) is 2.45. The van der Waals surface area contributed by atoms with Gasteiger partial charge in [0.25, 0.3) is 5.91 Å². The van der Waals surface area contributed by atoms with Crippen molar-refractivity contribution in [2.24, 2.45) is 0 Å². The first-order valence-corrected chi connectivity index (χ1v) is 7.57. The molecule has 106 valence electrons. The minimum Gasteiger partial charge on any atom is -0.467 e. The predicted octanol–water partition coefficient (Wildman–Crippen LogP) is 4.25. The van der Waals surface area contributed by atoms with Crippen molar-refractivity contribution in [3.05, 3.63) is 70.3 Å². The number of rotatable bonds is 4. The van der Waals surface area contributed by atoms with Crippen molar-refractivity contribution >= 4 is 17.2 Å². The summed E-state index contributed by atoms with van der Waals surface area (Å²) >= 11 is 1.45. The smallest absolute Gasteiger partial charge is 0.262 e. The second kappa shape index (κ2) is 5.97. The molecule has 0 spiro atoms. The Morgan fingerprint density at radius 1 is 1.19 bits per heavy atom. The summed E-state index contributed by atoms with van der Waals surface area (Å²) < 4.78 is 5.22. The van der Waals surface area contributed by atoms with Crippen molar-refractivity contribution in [3.8, 4) is 11.1 Å². The Balaban J connectivity index is 1.78. The van der Waals surface area contributed by atoms with E-state index >= 15 is 0 Å². The monoisotopic (exact) mass is 297 g/mol. The van der Waals surface area contributed by atoms with Gasteiger partial charge in [0, 0.05) is 5.56 Å². The molecule has 0 aliphatic heterocycles. The molecule has 1 amide bonds. The first-order valence-electron chi connectivity index (χ1n) is 6.69. The highest BCUT2D eigenvalue weighted by molar-refractivity contribution is 7.12. The lowest BCUT2D eigenvalue weighted by molar-refractivity contribution is 0.0952. The fourth-order valence-corrected chi connectivity index (χ4v) is 2.94. The number of amides is 1. The molecule has 2 aromatic heterocycles. The minimum atomic E-state index is -0.0722. The standard InChI is InChI=1S/C17H15NO2S/c1-12-4-6-13(7-5-12)15-8-10-21-16(15)17(19)18-11-14-3-2-9-20-14/h2-10H,11H2,1H3,(H,18,19). The van der Waals surface area contributed by atoms with Gasteiger partial charge in [-0.3, -0.25) is 4.79 Å². The van der Waals surface area contributed by atoms with Gasteiger partial charge in [0.05, 0.1) is 17.7 Å². The molecule has 3 nitrogen and oxygen atoms in total. The summed E-state index contributed by atoms with van der Waals surface area (Å²) in [5.74, 6) is 0.675. The van der Waals surface area contributed by atoms with Gasteiger partial charge in [-0.2, -0.15) is 0 Å². The van der Waals surface area contributed by atoms with Crippen LogP contribution in [0.2, 0.25) is 0 Å². The SMILES string of the molecule is Cc1ccc(-c2ccsc2C(=O)NCc2ccco2)cc1. The molecule has 0 radical (unpaired) electrons. The van der Waals surface area contributed by atoms with Crippen molar-refractivity contribution in [1.82, 2.24) is 5.32 Å². The molecule has 0 unspecified atom stereocenters. The predicted molar refractivity (Wildman–Crippen MR) is 84.4 cm³/mol. The Bertz CT molecular complexity index is 727. The number of furan rings is 1. The van der Waals surface area contributed by atoms with Crippen molar-refractivity contribution in [1.29, 1.82) is 0 Å². The van der Waals surface area contributed by atoms with Crippen LogP contribution in [0, 0.1) is 6.92 Å². The molecule has 1 N–H and O–H groups in total. The van der Waals surface area contributed by atoms with Gasteiger partial charge < -0.3 is 9.73 Å². The molecule has 3 aromatic rings. The molecule has 1 aromatic carbocycles. The van der Waals surface area contributed by atoms with Gasteiger partial charge in [0.1, 0.15) is 5.76 Å². The van der Waals surface area contributed by atoms with Crippen molar-refractivity contribution < 1.29 is 9.21 Å². The maximum Gasteiger partial charge on any atom is 0.262 e. The maximum atomic E-state index is 12.3. The van der Waals surface area contributed by atoms with Crippen LogP contribution in [0.15, 0.2) is 58.5 Å². The number of nitrogens with one attached hydrogen (secondary N) is 1. The molecular formula is C17H15NO2S. The van der Waals surface area contributed by atoms with Crippen molar-refractivity contribution in [2.75, 3.05) is 0 Å². The van der Waals surface area contributed by atoms with Crippen LogP contribution < -0.4 is 5.32 Å². The molecule has 0 atom stereocenters. The van der Waals surface area contributed by atoms with E-state index in [9.17, 15) is 4.79 Å². The average molecular weight is 297 g/mol. The summed E-state index contributed by atoms with van der Waals surface area (Å²) in [5.41, 5.74) is 3.24. The third-order valence-electron chi connectivity index (χ3n) is 3.24. The van der Waals surface area contributed by atoms with E-state index in [1.807, 2.05) is 42.6 Å². The molecule has 0 bridgehead atoms. The van der Waals surface area contributed by atoms with Crippen LogP contribution in [-0.4, -0.2) is 5.91 Å². The second-order valence-corrected chi connectivity index (χ2v) is 5.71. The first-order chi connectivity index (χ1) is 10.2. The zero-order chi connectivity index (χ0) is 14.7. The molecule has 0 saturated heterocycles. The third-order valence-corrected chi connectivity index (χ3v) is 4.15. The Morgan fingerprint density at radius 3 is 2.71 bits per heavy atom. The Kier molecular flexibility index (Phi) is 3.88. The summed E-state index contributed by atoms with van der Waals surface area (Å²) in [7, 11) is 0. The van der Waals surface area contributed by atoms with Crippen LogP contribution in [0.1, 0.15) is 21.0 Å². The topological polar surface area (TPSA) is 42.2 Å². The zero-order valence-corrected chi connectivity index (χ0v) is 12.4. The van der Waals surface area contributed by atoms with Gasteiger partial charge in [-0.15, -0.1) is 11.3 Å².